The monoisotopic (exact) mass is 340 g/mol. The van der Waals surface area contributed by atoms with E-state index in [-0.39, 0.29) is 5.76 Å². The molecule has 1 aromatic carbocycles. The number of rotatable bonds is 4. The van der Waals surface area contributed by atoms with E-state index in [2.05, 4.69) is 20.4 Å². The summed E-state index contributed by atoms with van der Waals surface area (Å²) < 4.78 is 5.12. The molecule has 4 rings (SSSR count). The molecule has 0 spiro atoms. The summed E-state index contributed by atoms with van der Waals surface area (Å²) in [7, 11) is 0. The molecule has 7 heteroatoms. The lowest BCUT2D eigenvalue weighted by Gasteiger charge is -2.02. The van der Waals surface area contributed by atoms with Crippen molar-refractivity contribution in [1.82, 2.24) is 15.1 Å². The fourth-order valence-electron chi connectivity index (χ4n) is 2.31. The van der Waals surface area contributed by atoms with Crippen LogP contribution in [0.25, 0.3) is 11.3 Å². The number of anilines is 1. The zero-order valence-electron chi connectivity index (χ0n) is 12.6. The van der Waals surface area contributed by atoms with Gasteiger partial charge in [-0.2, -0.15) is 0 Å². The molecule has 24 heavy (non-hydrogen) atoms. The van der Waals surface area contributed by atoms with Crippen molar-refractivity contribution in [1.29, 1.82) is 0 Å². The van der Waals surface area contributed by atoms with Crippen LogP contribution in [-0.4, -0.2) is 21.0 Å². The Labute approximate surface area is 142 Å². The molecule has 1 aliphatic carbocycles. The van der Waals surface area contributed by atoms with Crippen molar-refractivity contribution in [2.75, 3.05) is 5.32 Å². The summed E-state index contributed by atoms with van der Waals surface area (Å²) in [6.07, 6.45) is 5.48. The Kier molecular flexibility index (Phi) is 3.74. The molecule has 1 fully saturated rings. The molecule has 0 aliphatic heterocycles. The highest BCUT2D eigenvalue weighted by Gasteiger charge is 2.26. The van der Waals surface area contributed by atoms with E-state index >= 15 is 0 Å². The smallest absolute Gasteiger partial charge is 0.294 e. The summed E-state index contributed by atoms with van der Waals surface area (Å²) in [5, 5.41) is 7.20. The van der Waals surface area contributed by atoms with Gasteiger partial charge in [0.25, 0.3) is 5.91 Å². The Morgan fingerprint density at radius 2 is 2.00 bits per heavy atom. The molecule has 1 saturated carbocycles. The van der Waals surface area contributed by atoms with Gasteiger partial charge in [-0.25, -0.2) is 9.97 Å². The fourth-order valence-corrected chi connectivity index (χ4v) is 2.50. The summed E-state index contributed by atoms with van der Waals surface area (Å²) in [5.41, 5.74) is 1.84. The number of aromatic nitrogens is 3. The second-order valence-electron chi connectivity index (χ2n) is 5.65. The third-order valence-corrected chi connectivity index (χ3v) is 3.96. The summed E-state index contributed by atoms with van der Waals surface area (Å²) in [5.74, 6) is 1.01. The summed E-state index contributed by atoms with van der Waals surface area (Å²) in [4.78, 5) is 20.8. The van der Waals surface area contributed by atoms with Gasteiger partial charge in [-0.05, 0) is 25.0 Å². The predicted octanol–water partition coefficient (Wildman–Crippen LogP) is 3.91. The molecule has 0 unspecified atom stereocenters. The van der Waals surface area contributed by atoms with Crippen LogP contribution in [-0.2, 0) is 0 Å². The van der Waals surface area contributed by atoms with Gasteiger partial charge >= 0.3 is 0 Å². The first kappa shape index (κ1) is 14.8. The van der Waals surface area contributed by atoms with Crippen LogP contribution >= 0.6 is 11.6 Å². The number of nitrogens with one attached hydrogen (secondary N) is 1. The van der Waals surface area contributed by atoms with Gasteiger partial charge in [0.1, 0.15) is 11.5 Å². The number of hydrogen-bond acceptors (Lipinski definition) is 5. The third-order valence-electron chi connectivity index (χ3n) is 3.73. The van der Waals surface area contributed by atoms with Crippen LogP contribution in [0, 0.1) is 0 Å². The molecule has 6 nitrogen and oxygen atoms in total. The molecular formula is C17H13ClN4O2. The maximum atomic E-state index is 12.2. The van der Waals surface area contributed by atoms with Crippen LogP contribution in [0.2, 0.25) is 5.02 Å². The van der Waals surface area contributed by atoms with Crippen LogP contribution in [0.5, 0.6) is 0 Å². The van der Waals surface area contributed by atoms with Crippen molar-refractivity contribution >= 4 is 23.2 Å². The SMILES string of the molecule is O=C(Nc1cnc(C2CC2)nc1)c1cc(-c2cccc(Cl)c2)no1. The maximum absolute atomic E-state index is 12.2. The Hall–Kier alpha value is -2.73. The fraction of sp³-hybridized carbons (Fsp3) is 0.176. The molecule has 2 aromatic heterocycles. The van der Waals surface area contributed by atoms with Gasteiger partial charge in [0, 0.05) is 22.6 Å². The predicted molar refractivity (Wildman–Crippen MR) is 88.9 cm³/mol. The zero-order valence-corrected chi connectivity index (χ0v) is 13.3. The largest absolute Gasteiger partial charge is 0.350 e. The molecule has 3 aromatic rings. The summed E-state index contributed by atoms with van der Waals surface area (Å²) in [6.45, 7) is 0. The van der Waals surface area contributed by atoms with E-state index in [0.29, 0.717) is 22.3 Å². The number of benzene rings is 1. The number of hydrogen-bond donors (Lipinski definition) is 1. The van der Waals surface area contributed by atoms with Crippen molar-refractivity contribution in [2.24, 2.45) is 0 Å². The second-order valence-corrected chi connectivity index (χ2v) is 6.08. The van der Waals surface area contributed by atoms with Crippen LogP contribution in [0.15, 0.2) is 47.2 Å². The average Bonchev–Trinajstić information content (AvgIpc) is 3.31. The molecule has 2 heterocycles. The summed E-state index contributed by atoms with van der Waals surface area (Å²) in [6, 6.07) is 8.75. The molecule has 0 atom stereocenters. The Morgan fingerprint density at radius 1 is 1.21 bits per heavy atom. The highest BCUT2D eigenvalue weighted by molar-refractivity contribution is 6.30. The highest BCUT2D eigenvalue weighted by Crippen LogP contribution is 2.37. The first-order valence-corrected chi connectivity index (χ1v) is 7.93. The van der Waals surface area contributed by atoms with Gasteiger partial charge in [-0.3, -0.25) is 4.79 Å². The lowest BCUT2D eigenvalue weighted by Crippen LogP contribution is -2.11. The molecular weight excluding hydrogens is 328 g/mol. The topological polar surface area (TPSA) is 80.9 Å². The number of nitrogens with zero attached hydrogens (tertiary/aromatic N) is 3. The molecule has 0 radical (unpaired) electrons. The quantitative estimate of drug-likeness (QED) is 0.778. The normalized spacial score (nSPS) is 13.7. The molecule has 1 amide bonds. The van der Waals surface area contributed by atoms with Crippen LogP contribution < -0.4 is 5.32 Å². The van der Waals surface area contributed by atoms with Gasteiger partial charge in [0.05, 0.1) is 18.1 Å². The van der Waals surface area contributed by atoms with Crippen molar-refractivity contribution in [2.45, 2.75) is 18.8 Å². The first-order valence-electron chi connectivity index (χ1n) is 7.55. The van der Waals surface area contributed by atoms with Crippen LogP contribution in [0.3, 0.4) is 0 Å². The third kappa shape index (κ3) is 3.14. The molecule has 0 saturated heterocycles. The van der Waals surface area contributed by atoms with E-state index in [1.165, 1.54) is 0 Å². The minimum absolute atomic E-state index is 0.108. The first-order chi connectivity index (χ1) is 11.7. The van der Waals surface area contributed by atoms with Crippen molar-refractivity contribution in [3.8, 4) is 11.3 Å². The Balaban J connectivity index is 1.48. The van der Waals surface area contributed by atoms with E-state index in [9.17, 15) is 4.79 Å². The van der Waals surface area contributed by atoms with Gasteiger partial charge in [0.15, 0.2) is 0 Å². The highest BCUT2D eigenvalue weighted by atomic mass is 35.5. The number of amides is 1. The van der Waals surface area contributed by atoms with Crippen molar-refractivity contribution in [3.63, 3.8) is 0 Å². The van der Waals surface area contributed by atoms with E-state index in [4.69, 9.17) is 16.1 Å². The van der Waals surface area contributed by atoms with E-state index in [1.54, 1.807) is 30.6 Å². The lowest BCUT2D eigenvalue weighted by molar-refractivity contribution is 0.0988. The zero-order chi connectivity index (χ0) is 16.5. The average molecular weight is 341 g/mol. The van der Waals surface area contributed by atoms with Gasteiger partial charge < -0.3 is 9.84 Å². The summed E-state index contributed by atoms with van der Waals surface area (Å²) >= 11 is 5.96. The van der Waals surface area contributed by atoms with Gasteiger partial charge in [-0.1, -0.05) is 28.9 Å². The van der Waals surface area contributed by atoms with E-state index in [1.807, 2.05) is 12.1 Å². The van der Waals surface area contributed by atoms with Crippen molar-refractivity contribution < 1.29 is 9.32 Å². The number of carbonyl (C=O) groups is 1. The Bertz CT molecular complexity index is 888. The number of halogens is 1. The minimum atomic E-state index is -0.404. The minimum Gasteiger partial charge on any atom is -0.350 e. The van der Waals surface area contributed by atoms with E-state index in [0.717, 1.165) is 24.2 Å². The van der Waals surface area contributed by atoms with Gasteiger partial charge in [0.2, 0.25) is 5.76 Å². The van der Waals surface area contributed by atoms with E-state index < -0.39 is 5.91 Å². The van der Waals surface area contributed by atoms with Crippen molar-refractivity contribution in [3.05, 3.63) is 59.3 Å². The Morgan fingerprint density at radius 3 is 2.71 bits per heavy atom. The maximum Gasteiger partial charge on any atom is 0.294 e. The molecule has 120 valence electrons. The van der Waals surface area contributed by atoms with Crippen LogP contribution in [0.4, 0.5) is 5.69 Å². The number of carbonyl (C=O) groups excluding carboxylic acids is 1. The standard InChI is InChI=1S/C17H13ClN4O2/c18-12-3-1-2-11(6-12)14-7-15(24-22-14)17(23)21-13-8-19-16(20-9-13)10-4-5-10/h1-3,6-10H,4-5H2,(H,21,23). The lowest BCUT2D eigenvalue weighted by atomic mass is 10.1. The van der Waals surface area contributed by atoms with Crippen LogP contribution in [0.1, 0.15) is 35.1 Å². The molecule has 1 aliphatic rings. The molecule has 0 bridgehead atoms. The second kappa shape index (κ2) is 6.05. The van der Waals surface area contributed by atoms with Gasteiger partial charge in [-0.15, -0.1) is 0 Å². The molecule has 1 N–H and O–H groups in total.